The van der Waals surface area contributed by atoms with Crippen LogP contribution in [-0.2, 0) is 17.0 Å². The number of nitrogens with zero attached hydrogens (tertiary/aromatic N) is 3. The van der Waals surface area contributed by atoms with Gasteiger partial charge >= 0.3 is 0 Å². The molecule has 0 radical (unpaired) electrons. The van der Waals surface area contributed by atoms with Crippen molar-refractivity contribution in [2.75, 3.05) is 10.6 Å². The number of hydrogen-bond acceptors (Lipinski definition) is 5. The molecule has 2 heterocycles. The molecule has 1 aliphatic heterocycles. The highest BCUT2D eigenvalue weighted by molar-refractivity contribution is 7.98. The van der Waals surface area contributed by atoms with Gasteiger partial charge in [-0.2, -0.15) is 4.98 Å². The zero-order chi connectivity index (χ0) is 27.7. The molecule has 1 aliphatic rings. The fourth-order valence-corrected chi connectivity index (χ4v) is 5.86. The Labute approximate surface area is 234 Å². The lowest BCUT2D eigenvalue weighted by Gasteiger charge is -2.29. The molecule has 0 bridgehead atoms. The number of allylic oxidation sites excluding steroid dienone is 1. The quantitative estimate of drug-likeness (QED) is 0.242. The molecule has 200 valence electrons. The van der Waals surface area contributed by atoms with Gasteiger partial charge in [0.1, 0.15) is 6.04 Å². The maximum absolute atomic E-state index is 13.8. The second-order valence-corrected chi connectivity index (χ2v) is 11.3. The van der Waals surface area contributed by atoms with Crippen LogP contribution in [0.4, 0.5) is 11.6 Å². The summed E-state index contributed by atoms with van der Waals surface area (Å²) in [6.07, 6.45) is 0.954. The predicted octanol–water partition coefficient (Wildman–Crippen LogP) is 7.29. The third-order valence-corrected chi connectivity index (χ3v) is 8.16. The molecule has 4 aromatic rings. The van der Waals surface area contributed by atoms with Gasteiger partial charge in [-0.3, -0.25) is 4.79 Å². The zero-order valence-electron chi connectivity index (χ0n) is 23.4. The summed E-state index contributed by atoms with van der Waals surface area (Å²) in [5.41, 5.74) is 10.4. The molecular formula is C32H35N5OS. The molecule has 2 N–H and O–H groups in total. The van der Waals surface area contributed by atoms with Crippen molar-refractivity contribution in [2.24, 2.45) is 0 Å². The molecule has 6 nitrogen and oxygen atoms in total. The lowest BCUT2D eigenvalue weighted by molar-refractivity contribution is -0.113. The van der Waals surface area contributed by atoms with Crippen LogP contribution in [0.25, 0.3) is 0 Å². The number of rotatable bonds is 7. The first-order chi connectivity index (χ1) is 18.7. The molecule has 0 saturated carbocycles. The number of benzene rings is 3. The van der Waals surface area contributed by atoms with E-state index in [1.54, 1.807) is 11.8 Å². The third-order valence-electron chi connectivity index (χ3n) is 7.27. The molecule has 39 heavy (non-hydrogen) atoms. The largest absolute Gasteiger partial charge is 0.328 e. The highest BCUT2D eigenvalue weighted by Crippen LogP contribution is 2.37. The second-order valence-electron chi connectivity index (χ2n) is 10.3. The molecule has 0 unspecified atom stereocenters. The van der Waals surface area contributed by atoms with Crippen molar-refractivity contribution in [3.63, 3.8) is 0 Å². The van der Waals surface area contributed by atoms with Crippen LogP contribution >= 0.6 is 11.8 Å². The number of fused-ring (bicyclic) bond motifs is 1. The molecule has 1 amide bonds. The molecular weight excluding hydrogens is 502 g/mol. The van der Waals surface area contributed by atoms with Gasteiger partial charge < -0.3 is 10.6 Å². The van der Waals surface area contributed by atoms with E-state index < -0.39 is 6.04 Å². The number of carbonyl (C=O) groups is 1. The first kappa shape index (κ1) is 26.8. The Hall–Kier alpha value is -3.84. The van der Waals surface area contributed by atoms with E-state index in [0.29, 0.717) is 16.7 Å². The summed E-state index contributed by atoms with van der Waals surface area (Å²) in [6, 6.07) is 20.6. The van der Waals surface area contributed by atoms with Crippen LogP contribution in [-0.4, -0.2) is 20.7 Å². The molecule has 0 spiro atoms. The molecule has 0 saturated heterocycles. The number of nitrogens with one attached hydrogen (secondary N) is 2. The molecule has 7 heteroatoms. The average Bonchev–Trinajstić information content (AvgIpc) is 3.32. The van der Waals surface area contributed by atoms with Crippen molar-refractivity contribution in [1.82, 2.24) is 14.8 Å². The third kappa shape index (κ3) is 5.64. The van der Waals surface area contributed by atoms with Crippen LogP contribution in [0.5, 0.6) is 0 Å². The van der Waals surface area contributed by atoms with Gasteiger partial charge in [0.25, 0.3) is 5.91 Å². The van der Waals surface area contributed by atoms with Gasteiger partial charge in [-0.25, -0.2) is 4.68 Å². The first-order valence-electron chi connectivity index (χ1n) is 13.3. The number of aromatic nitrogens is 3. The first-order valence-corrected chi connectivity index (χ1v) is 14.3. The van der Waals surface area contributed by atoms with Crippen molar-refractivity contribution in [2.45, 2.75) is 64.9 Å². The Morgan fingerprint density at radius 1 is 0.949 bits per heavy atom. The number of amides is 1. The van der Waals surface area contributed by atoms with Gasteiger partial charge in [0.05, 0.1) is 5.57 Å². The fourth-order valence-electron chi connectivity index (χ4n) is 4.97. The van der Waals surface area contributed by atoms with E-state index in [-0.39, 0.29) is 5.91 Å². The molecule has 0 fully saturated rings. The van der Waals surface area contributed by atoms with Gasteiger partial charge in [0.2, 0.25) is 11.1 Å². The smallest absolute Gasteiger partial charge is 0.255 e. The minimum absolute atomic E-state index is 0.151. The fraction of sp³-hybridized carbons (Fsp3) is 0.281. The monoisotopic (exact) mass is 537 g/mol. The topological polar surface area (TPSA) is 71.8 Å². The van der Waals surface area contributed by atoms with Gasteiger partial charge in [-0.1, -0.05) is 84.4 Å². The van der Waals surface area contributed by atoms with E-state index in [4.69, 9.17) is 10.1 Å². The minimum Gasteiger partial charge on any atom is -0.328 e. The van der Waals surface area contributed by atoms with E-state index in [0.717, 1.165) is 40.2 Å². The normalized spacial score (nSPS) is 14.7. The molecule has 5 rings (SSSR count). The lowest BCUT2D eigenvalue weighted by atomic mass is 9.94. The summed E-state index contributed by atoms with van der Waals surface area (Å²) in [7, 11) is 0. The Bertz CT molecular complexity index is 1570. The SMILES string of the molecule is CCc1ccc([C@@H]2C(C(=O)Nc3ccc(C)cc3C)=C(C)Nc3nc(SCc4cc(C)ccc4C)nn32)cc1. The van der Waals surface area contributed by atoms with E-state index >= 15 is 0 Å². The lowest BCUT2D eigenvalue weighted by Crippen LogP contribution is -2.31. The van der Waals surface area contributed by atoms with E-state index in [2.05, 4.69) is 86.9 Å². The minimum atomic E-state index is -0.402. The van der Waals surface area contributed by atoms with Gasteiger partial charge in [0, 0.05) is 17.1 Å². The van der Waals surface area contributed by atoms with Crippen LogP contribution in [0.15, 0.2) is 77.1 Å². The predicted molar refractivity (Wildman–Crippen MR) is 160 cm³/mol. The maximum atomic E-state index is 13.8. The number of thioether (sulfide) groups is 1. The van der Waals surface area contributed by atoms with E-state index in [1.807, 2.05) is 30.7 Å². The van der Waals surface area contributed by atoms with E-state index in [1.165, 1.54) is 22.3 Å². The molecule has 0 aliphatic carbocycles. The van der Waals surface area contributed by atoms with Crippen molar-refractivity contribution in [1.29, 1.82) is 0 Å². The molecule has 1 atom stereocenters. The van der Waals surface area contributed by atoms with Crippen molar-refractivity contribution in [3.05, 3.63) is 111 Å². The van der Waals surface area contributed by atoms with Crippen molar-refractivity contribution < 1.29 is 4.79 Å². The summed E-state index contributed by atoms with van der Waals surface area (Å²) in [5.74, 6) is 1.27. The van der Waals surface area contributed by atoms with Crippen molar-refractivity contribution in [3.8, 4) is 0 Å². The second kappa shape index (κ2) is 11.1. The Balaban J connectivity index is 1.50. The summed E-state index contributed by atoms with van der Waals surface area (Å²) in [5, 5.41) is 12.1. The number of anilines is 2. The van der Waals surface area contributed by atoms with Crippen LogP contribution < -0.4 is 10.6 Å². The Morgan fingerprint density at radius 2 is 1.67 bits per heavy atom. The highest BCUT2D eigenvalue weighted by Gasteiger charge is 2.34. The van der Waals surface area contributed by atoms with Crippen LogP contribution in [0.2, 0.25) is 0 Å². The highest BCUT2D eigenvalue weighted by atomic mass is 32.2. The number of hydrogen-bond donors (Lipinski definition) is 2. The van der Waals surface area contributed by atoms with Crippen LogP contribution in [0.1, 0.15) is 58.8 Å². The van der Waals surface area contributed by atoms with Crippen LogP contribution in [0.3, 0.4) is 0 Å². The Morgan fingerprint density at radius 3 is 2.38 bits per heavy atom. The molecule has 1 aromatic heterocycles. The van der Waals surface area contributed by atoms with E-state index in [9.17, 15) is 4.79 Å². The van der Waals surface area contributed by atoms with Crippen LogP contribution in [0, 0.1) is 27.7 Å². The number of aryl methyl sites for hydroxylation is 5. The summed E-state index contributed by atoms with van der Waals surface area (Å²) >= 11 is 1.61. The molecule has 3 aromatic carbocycles. The van der Waals surface area contributed by atoms with Gasteiger partial charge in [0.15, 0.2) is 0 Å². The standard InChI is InChI=1S/C32H35N5OS/c1-7-24-11-13-25(14-12-24)29-28(30(38)34-27-15-9-19(2)16-22(27)5)23(6)33-31-35-32(36-37(29)31)39-18-26-17-20(3)8-10-21(26)4/h8-17,29H,7,18H2,1-6H3,(H,34,38)(H,33,35,36)/t29-/m1/s1. The van der Waals surface area contributed by atoms with Gasteiger partial charge in [-0.15, -0.1) is 5.10 Å². The van der Waals surface area contributed by atoms with Crippen molar-refractivity contribution >= 4 is 29.3 Å². The summed E-state index contributed by atoms with van der Waals surface area (Å²) in [6.45, 7) is 12.4. The summed E-state index contributed by atoms with van der Waals surface area (Å²) < 4.78 is 1.86. The summed E-state index contributed by atoms with van der Waals surface area (Å²) in [4.78, 5) is 18.7. The van der Waals surface area contributed by atoms with Gasteiger partial charge in [-0.05, 0) is 74.9 Å². The average molecular weight is 538 g/mol. The zero-order valence-corrected chi connectivity index (χ0v) is 24.2. The Kier molecular flexibility index (Phi) is 7.62. The number of carbonyl (C=O) groups excluding carboxylic acids is 1. The maximum Gasteiger partial charge on any atom is 0.255 e.